The fourth-order valence-electron chi connectivity index (χ4n) is 2.50. The molecule has 8 heteroatoms. The van der Waals surface area contributed by atoms with Crippen LogP contribution < -0.4 is 10.6 Å². The van der Waals surface area contributed by atoms with Crippen molar-refractivity contribution in [3.8, 4) is 5.69 Å². The molecule has 2 N–H and O–H groups in total. The molecule has 1 aromatic carbocycles. The van der Waals surface area contributed by atoms with Crippen LogP contribution in [0, 0.1) is 18.8 Å². The molecular formula is C16H20N6O2. The summed E-state index contributed by atoms with van der Waals surface area (Å²) in [4.78, 5) is 23.8. The first-order valence-corrected chi connectivity index (χ1v) is 7.96. The van der Waals surface area contributed by atoms with E-state index in [0.717, 1.165) is 17.7 Å². The molecule has 0 radical (unpaired) electrons. The highest BCUT2D eigenvalue weighted by Crippen LogP contribution is 2.37. The van der Waals surface area contributed by atoms with Gasteiger partial charge in [-0.3, -0.25) is 9.59 Å². The van der Waals surface area contributed by atoms with Gasteiger partial charge in [0.2, 0.25) is 11.8 Å². The average molecular weight is 328 g/mol. The molecule has 0 spiro atoms. The van der Waals surface area contributed by atoms with Gasteiger partial charge in [-0.25, -0.2) is 4.68 Å². The largest absolute Gasteiger partial charge is 0.355 e. The number of nitrogens with zero attached hydrogens (tertiary/aromatic N) is 4. The van der Waals surface area contributed by atoms with Crippen LogP contribution in [0.2, 0.25) is 0 Å². The van der Waals surface area contributed by atoms with Crippen LogP contribution in [0.4, 0.5) is 5.69 Å². The summed E-state index contributed by atoms with van der Waals surface area (Å²) in [6, 6.07) is 5.58. The number of amides is 2. The summed E-state index contributed by atoms with van der Waals surface area (Å²) in [5.74, 6) is 0.502. The van der Waals surface area contributed by atoms with Crippen LogP contribution in [0.1, 0.15) is 25.3 Å². The number of anilines is 1. The second-order valence-electron chi connectivity index (χ2n) is 6.16. The van der Waals surface area contributed by atoms with Crippen LogP contribution in [-0.4, -0.2) is 38.6 Å². The second kappa shape index (κ2) is 6.77. The maximum Gasteiger partial charge on any atom is 0.226 e. The average Bonchev–Trinajstić information content (AvgIpc) is 3.06. The summed E-state index contributed by atoms with van der Waals surface area (Å²) >= 11 is 0. The van der Waals surface area contributed by atoms with Gasteiger partial charge in [0, 0.05) is 24.6 Å². The Balaban J connectivity index is 1.54. The maximum atomic E-state index is 12.1. The molecule has 24 heavy (non-hydrogen) atoms. The van der Waals surface area contributed by atoms with Crippen molar-refractivity contribution in [2.45, 2.75) is 26.7 Å². The molecule has 126 valence electrons. The van der Waals surface area contributed by atoms with Crippen LogP contribution in [-0.2, 0) is 9.59 Å². The Bertz CT molecular complexity index is 743. The topological polar surface area (TPSA) is 102 Å². The van der Waals surface area contributed by atoms with Crippen LogP contribution in [0.5, 0.6) is 0 Å². The molecule has 2 amide bonds. The smallest absolute Gasteiger partial charge is 0.226 e. The minimum Gasteiger partial charge on any atom is -0.355 e. The maximum absolute atomic E-state index is 12.1. The monoisotopic (exact) mass is 328 g/mol. The third kappa shape index (κ3) is 3.76. The number of hydrogen-bond acceptors (Lipinski definition) is 5. The molecule has 0 unspecified atom stereocenters. The summed E-state index contributed by atoms with van der Waals surface area (Å²) in [5, 5.41) is 16.7. The molecular weight excluding hydrogens is 308 g/mol. The predicted molar refractivity (Wildman–Crippen MR) is 87.4 cm³/mol. The zero-order valence-electron chi connectivity index (χ0n) is 13.7. The number of carbonyl (C=O) groups excluding carboxylic acids is 2. The third-order valence-corrected chi connectivity index (χ3v) is 4.21. The van der Waals surface area contributed by atoms with Gasteiger partial charge in [0.25, 0.3) is 0 Å². The number of aromatic nitrogens is 4. The van der Waals surface area contributed by atoms with Crippen LogP contribution in [0.25, 0.3) is 5.69 Å². The zero-order valence-corrected chi connectivity index (χ0v) is 13.7. The van der Waals surface area contributed by atoms with E-state index in [1.165, 1.54) is 11.0 Å². The van der Waals surface area contributed by atoms with Gasteiger partial charge in [-0.05, 0) is 47.4 Å². The van der Waals surface area contributed by atoms with E-state index in [2.05, 4.69) is 33.1 Å². The van der Waals surface area contributed by atoms with Crippen molar-refractivity contribution in [2.75, 3.05) is 11.9 Å². The lowest BCUT2D eigenvalue weighted by molar-refractivity contribution is -0.122. The van der Waals surface area contributed by atoms with Gasteiger partial charge in [-0.1, -0.05) is 13.0 Å². The Labute approximate surface area is 139 Å². The number of nitrogens with one attached hydrogen (secondary N) is 2. The first-order valence-electron chi connectivity index (χ1n) is 7.96. The number of hydrogen-bond donors (Lipinski definition) is 2. The Morgan fingerprint density at radius 2 is 2.17 bits per heavy atom. The molecule has 2 atom stereocenters. The molecule has 2 aromatic rings. The highest BCUT2D eigenvalue weighted by atomic mass is 16.2. The lowest BCUT2D eigenvalue weighted by Gasteiger charge is -2.11. The summed E-state index contributed by atoms with van der Waals surface area (Å²) in [6.07, 6.45) is 2.67. The van der Waals surface area contributed by atoms with E-state index in [-0.39, 0.29) is 24.2 Å². The second-order valence-corrected chi connectivity index (χ2v) is 6.16. The van der Waals surface area contributed by atoms with Gasteiger partial charge < -0.3 is 10.6 Å². The fraction of sp³-hybridized carbons (Fsp3) is 0.438. The van der Waals surface area contributed by atoms with E-state index in [0.29, 0.717) is 18.2 Å². The number of tetrazole rings is 1. The summed E-state index contributed by atoms with van der Waals surface area (Å²) in [7, 11) is 0. The first-order chi connectivity index (χ1) is 11.5. The molecule has 8 nitrogen and oxygen atoms in total. The molecule has 3 rings (SSSR count). The molecule has 0 bridgehead atoms. The Morgan fingerprint density at radius 1 is 1.38 bits per heavy atom. The van der Waals surface area contributed by atoms with E-state index in [4.69, 9.17) is 0 Å². The van der Waals surface area contributed by atoms with Crippen LogP contribution >= 0.6 is 0 Å². The van der Waals surface area contributed by atoms with Gasteiger partial charge in [-0.2, -0.15) is 0 Å². The molecule has 1 heterocycles. The first kappa shape index (κ1) is 16.1. The van der Waals surface area contributed by atoms with Crippen molar-refractivity contribution < 1.29 is 9.59 Å². The molecule has 1 fully saturated rings. The van der Waals surface area contributed by atoms with Crippen molar-refractivity contribution in [1.29, 1.82) is 0 Å². The van der Waals surface area contributed by atoms with Crippen molar-refractivity contribution in [1.82, 2.24) is 25.5 Å². The number of aryl methyl sites for hydroxylation is 1. The van der Waals surface area contributed by atoms with Gasteiger partial charge in [0.1, 0.15) is 6.33 Å². The summed E-state index contributed by atoms with van der Waals surface area (Å²) < 4.78 is 1.52. The molecule has 0 aliphatic heterocycles. The lowest BCUT2D eigenvalue weighted by Crippen LogP contribution is -2.29. The van der Waals surface area contributed by atoms with Crippen LogP contribution in [0.3, 0.4) is 0 Å². The minimum absolute atomic E-state index is 0.0483. The standard InChI is InChI=1S/C16H20N6O2/c1-10-3-4-12(22-9-18-20-21-22)8-14(10)19-15(23)5-6-17-16(24)13-7-11(13)2/h3-4,8-9,11,13H,5-7H2,1-2H3,(H,17,24)(H,19,23)/t11-,13-/m0/s1. The number of rotatable bonds is 6. The molecule has 1 aliphatic rings. The van der Waals surface area contributed by atoms with Crippen molar-refractivity contribution in [3.63, 3.8) is 0 Å². The van der Waals surface area contributed by atoms with Crippen molar-refractivity contribution in [2.24, 2.45) is 11.8 Å². The zero-order chi connectivity index (χ0) is 17.1. The third-order valence-electron chi connectivity index (χ3n) is 4.21. The van der Waals surface area contributed by atoms with Gasteiger partial charge in [-0.15, -0.1) is 5.10 Å². The van der Waals surface area contributed by atoms with Gasteiger partial charge in [0.15, 0.2) is 0 Å². The Morgan fingerprint density at radius 3 is 2.83 bits per heavy atom. The van der Waals surface area contributed by atoms with E-state index in [9.17, 15) is 9.59 Å². The van der Waals surface area contributed by atoms with E-state index in [1.807, 2.05) is 25.1 Å². The normalized spacial score (nSPS) is 18.9. The van der Waals surface area contributed by atoms with E-state index < -0.39 is 0 Å². The quantitative estimate of drug-likeness (QED) is 0.826. The molecule has 1 aromatic heterocycles. The molecule has 1 saturated carbocycles. The van der Waals surface area contributed by atoms with Crippen molar-refractivity contribution in [3.05, 3.63) is 30.1 Å². The predicted octanol–water partition coefficient (Wildman–Crippen LogP) is 1.07. The lowest BCUT2D eigenvalue weighted by atomic mass is 10.1. The molecule has 0 saturated heterocycles. The fourth-order valence-corrected chi connectivity index (χ4v) is 2.50. The highest BCUT2D eigenvalue weighted by molar-refractivity contribution is 5.92. The Kier molecular flexibility index (Phi) is 4.54. The highest BCUT2D eigenvalue weighted by Gasteiger charge is 2.38. The Hall–Kier alpha value is -2.77. The number of carbonyl (C=O) groups is 2. The summed E-state index contributed by atoms with van der Waals surface area (Å²) in [6.45, 7) is 4.31. The van der Waals surface area contributed by atoms with Gasteiger partial charge >= 0.3 is 0 Å². The molecule has 1 aliphatic carbocycles. The minimum atomic E-state index is -0.142. The SMILES string of the molecule is Cc1ccc(-n2cnnn2)cc1NC(=O)CCNC(=O)[C@H]1C[C@@H]1C. The van der Waals surface area contributed by atoms with E-state index in [1.54, 1.807) is 0 Å². The van der Waals surface area contributed by atoms with Gasteiger partial charge in [0.05, 0.1) is 5.69 Å². The summed E-state index contributed by atoms with van der Waals surface area (Å²) in [5.41, 5.74) is 2.41. The van der Waals surface area contributed by atoms with Crippen molar-refractivity contribution >= 4 is 17.5 Å². The van der Waals surface area contributed by atoms with E-state index >= 15 is 0 Å². The van der Waals surface area contributed by atoms with Crippen LogP contribution in [0.15, 0.2) is 24.5 Å². The number of benzene rings is 1.